The van der Waals surface area contributed by atoms with E-state index in [-0.39, 0.29) is 12.8 Å². The number of aliphatic hydroxyl groups is 1. The van der Waals surface area contributed by atoms with Gasteiger partial charge in [0.15, 0.2) is 0 Å². The van der Waals surface area contributed by atoms with Crippen LogP contribution in [-0.2, 0) is 0 Å². The Hall–Kier alpha value is -0.110. The van der Waals surface area contributed by atoms with Gasteiger partial charge in [0.2, 0.25) is 0 Å². The topological polar surface area (TPSA) is 20.2 Å². The van der Waals surface area contributed by atoms with Crippen LogP contribution in [-0.4, -0.2) is 17.9 Å². The molecular weight excluding hydrogens is 263 g/mol. The standard InChI is InChI=1S/C19H39FO/c1-2-3-4-5-6-7-8-9-10-13-16-19(21)17-14-11-12-15-18-20/h19,21H,2-18H2,1H3. The lowest BCUT2D eigenvalue weighted by atomic mass is 10.0. The lowest BCUT2D eigenvalue weighted by Gasteiger charge is -2.10. The minimum atomic E-state index is -0.193. The molecule has 0 aromatic carbocycles. The SMILES string of the molecule is CCCCCCCCCCCCC(O)CCCCCCF. The van der Waals surface area contributed by atoms with Gasteiger partial charge in [-0.05, 0) is 19.3 Å². The molecule has 0 saturated heterocycles. The van der Waals surface area contributed by atoms with Gasteiger partial charge < -0.3 is 5.11 Å². The molecule has 0 spiro atoms. The molecule has 2 heteroatoms. The molecule has 0 amide bonds. The van der Waals surface area contributed by atoms with Crippen molar-refractivity contribution in [2.75, 3.05) is 6.67 Å². The molecule has 0 aromatic rings. The first-order chi connectivity index (χ1) is 10.3. The zero-order valence-corrected chi connectivity index (χ0v) is 14.4. The number of rotatable bonds is 17. The normalized spacial score (nSPS) is 12.7. The van der Waals surface area contributed by atoms with Gasteiger partial charge in [0.05, 0.1) is 12.8 Å². The Morgan fingerprint density at radius 3 is 1.43 bits per heavy atom. The molecule has 0 saturated carbocycles. The fraction of sp³-hybridized carbons (Fsp3) is 1.00. The van der Waals surface area contributed by atoms with Crippen LogP contribution >= 0.6 is 0 Å². The van der Waals surface area contributed by atoms with Gasteiger partial charge in [-0.15, -0.1) is 0 Å². The molecule has 0 aliphatic carbocycles. The van der Waals surface area contributed by atoms with Gasteiger partial charge in [-0.1, -0.05) is 90.4 Å². The lowest BCUT2D eigenvalue weighted by molar-refractivity contribution is 0.147. The van der Waals surface area contributed by atoms with E-state index in [1.54, 1.807) is 0 Å². The predicted octanol–water partition coefficient (Wildman–Crippen LogP) is 6.58. The molecule has 1 atom stereocenters. The summed E-state index contributed by atoms with van der Waals surface area (Å²) in [4.78, 5) is 0. The van der Waals surface area contributed by atoms with Crippen LogP contribution in [0.15, 0.2) is 0 Å². The van der Waals surface area contributed by atoms with Gasteiger partial charge in [-0.2, -0.15) is 0 Å². The summed E-state index contributed by atoms with van der Waals surface area (Å²) in [5.74, 6) is 0. The van der Waals surface area contributed by atoms with Gasteiger partial charge in [-0.3, -0.25) is 4.39 Å². The van der Waals surface area contributed by atoms with Crippen molar-refractivity contribution >= 4 is 0 Å². The summed E-state index contributed by atoms with van der Waals surface area (Å²) >= 11 is 0. The van der Waals surface area contributed by atoms with Crippen molar-refractivity contribution in [3.8, 4) is 0 Å². The van der Waals surface area contributed by atoms with Gasteiger partial charge in [0.1, 0.15) is 0 Å². The van der Waals surface area contributed by atoms with Gasteiger partial charge in [0, 0.05) is 0 Å². The molecule has 1 N–H and O–H groups in total. The van der Waals surface area contributed by atoms with Crippen LogP contribution in [0.2, 0.25) is 0 Å². The van der Waals surface area contributed by atoms with Gasteiger partial charge >= 0.3 is 0 Å². The maximum absolute atomic E-state index is 11.9. The zero-order chi connectivity index (χ0) is 15.6. The highest BCUT2D eigenvalue weighted by atomic mass is 19.1. The van der Waals surface area contributed by atoms with Crippen molar-refractivity contribution in [1.29, 1.82) is 0 Å². The van der Waals surface area contributed by atoms with Gasteiger partial charge in [0.25, 0.3) is 0 Å². The molecule has 0 heterocycles. The molecule has 0 rings (SSSR count). The van der Waals surface area contributed by atoms with Crippen LogP contribution in [0, 0.1) is 0 Å². The second-order valence-corrected chi connectivity index (χ2v) is 6.52. The Bertz CT molecular complexity index is 184. The molecule has 128 valence electrons. The number of hydrogen-bond donors (Lipinski definition) is 1. The van der Waals surface area contributed by atoms with E-state index in [9.17, 15) is 9.50 Å². The summed E-state index contributed by atoms with van der Waals surface area (Å²) in [7, 11) is 0. The van der Waals surface area contributed by atoms with Crippen molar-refractivity contribution in [1.82, 2.24) is 0 Å². The van der Waals surface area contributed by atoms with Crippen LogP contribution in [0.5, 0.6) is 0 Å². The molecule has 0 bridgehead atoms. The molecule has 21 heavy (non-hydrogen) atoms. The third-order valence-corrected chi connectivity index (χ3v) is 4.31. The average Bonchev–Trinajstić information content (AvgIpc) is 2.49. The average molecular weight is 303 g/mol. The smallest absolute Gasteiger partial charge is 0.0894 e. The Labute approximate surface area is 132 Å². The number of aliphatic hydroxyl groups excluding tert-OH is 1. The highest BCUT2D eigenvalue weighted by Crippen LogP contribution is 2.14. The Morgan fingerprint density at radius 1 is 0.619 bits per heavy atom. The van der Waals surface area contributed by atoms with Gasteiger partial charge in [-0.25, -0.2) is 0 Å². The van der Waals surface area contributed by atoms with E-state index in [4.69, 9.17) is 0 Å². The summed E-state index contributed by atoms with van der Waals surface area (Å²) in [5, 5.41) is 9.85. The fourth-order valence-corrected chi connectivity index (χ4v) is 2.84. The second-order valence-electron chi connectivity index (χ2n) is 6.52. The summed E-state index contributed by atoms with van der Waals surface area (Å²) in [6.07, 6.45) is 19.0. The predicted molar refractivity (Wildman–Crippen MR) is 91.5 cm³/mol. The maximum atomic E-state index is 11.9. The van der Waals surface area contributed by atoms with Crippen molar-refractivity contribution in [3.05, 3.63) is 0 Å². The first-order valence-electron chi connectivity index (χ1n) is 9.55. The largest absolute Gasteiger partial charge is 0.393 e. The van der Waals surface area contributed by atoms with E-state index >= 15 is 0 Å². The highest BCUT2D eigenvalue weighted by molar-refractivity contribution is 4.57. The van der Waals surface area contributed by atoms with Crippen LogP contribution in [0.1, 0.15) is 110 Å². The van der Waals surface area contributed by atoms with E-state index < -0.39 is 0 Å². The maximum Gasteiger partial charge on any atom is 0.0894 e. The Balaban J connectivity index is 3.09. The Morgan fingerprint density at radius 2 is 1.00 bits per heavy atom. The zero-order valence-electron chi connectivity index (χ0n) is 14.4. The molecule has 0 aliphatic heterocycles. The molecule has 0 aromatic heterocycles. The number of halogens is 1. The third kappa shape index (κ3) is 17.8. The molecule has 1 nitrogen and oxygen atoms in total. The first-order valence-corrected chi connectivity index (χ1v) is 9.55. The number of unbranched alkanes of at least 4 members (excludes halogenated alkanes) is 12. The van der Waals surface area contributed by atoms with Crippen LogP contribution < -0.4 is 0 Å². The summed E-state index contributed by atoms with van der Waals surface area (Å²) < 4.78 is 11.9. The second kappa shape index (κ2) is 17.9. The van der Waals surface area contributed by atoms with Crippen LogP contribution in [0.3, 0.4) is 0 Å². The molecule has 0 fully saturated rings. The quantitative estimate of drug-likeness (QED) is 0.301. The summed E-state index contributed by atoms with van der Waals surface area (Å²) in [6.45, 7) is 2.07. The third-order valence-electron chi connectivity index (χ3n) is 4.31. The first kappa shape index (κ1) is 20.9. The van der Waals surface area contributed by atoms with Crippen molar-refractivity contribution in [2.24, 2.45) is 0 Å². The van der Waals surface area contributed by atoms with E-state index in [0.29, 0.717) is 6.42 Å². The van der Waals surface area contributed by atoms with E-state index in [2.05, 4.69) is 6.92 Å². The molecule has 1 unspecified atom stereocenters. The number of hydrogen-bond acceptors (Lipinski definition) is 1. The summed E-state index contributed by atoms with van der Waals surface area (Å²) in [6, 6.07) is 0. The van der Waals surface area contributed by atoms with Crippen molar-refractivity contribution in [2.45, 2.75) is 116 Å². The molecule has 0 radical (unpaired) electrons. The Kier molecular flexibility index (Phi) is 17.8. The van der Waals surface area contributed by atoms with E-state index in [0.717, 1.165) is 32.1 Å². The van der Waals surface area contributed by atoms with E-state index in [1.165, 1.54) is 64.2 Å². The lowest BCUT2D eigenvalue weighted by Crippen LogP contribution is -2.05. The fourth-order valence-electron chi connectivity index (χ4n) is 2.84. The van der Waals surface area contributed by atoms with Crippen molar-refractivity contribution < 1.29 is 9.50 Å². The summed E-state index contributed by atoms with van der Waals surface area (Å²) in [5.41, 5.74) is 0. The monoisotopic (exact) mass is 302 g/mol. The number of alkyl halides is 1. The highest BCUT2D eigenvalue weighted by Gasteiger charge is 2.03. The minimum Gasteiger partial charge on any atom is -0.393 e. The van der Waals surface area contributed by atoms with E-state index in [1.807, 2.05) is 0 Å². The molecule has 0 aliphatic rings. The van der Waals surface area contributed by atoms with Crippen molar-refractivity contribution in [3.63, 3.8) is 0 Å². The van der Waals surface area contributed by atoms with Crippen LogP contribution in [0.4, 0.5) is 4.39 Å². The van der Waals surface area contributed by atoms with Crippen LogP contribution in [0.25, 0.3) is 0 Å². The molecular formula is C19H39FO. The minimum absolute atomic E-state index is 0.121.